The summed E-state index contributed by atoms with van der Waals surface area (Å²) < 4.78 is 0. The minimum Gasteiger partial charge on any atom is -0.340 e. The first-order valence-corrected chi connectivity index (χ1v) is 5.88. The van der Waals surface area contributed by atoms with Crippen molar-refractivity contribution in [1.29, 1.82) is 0 Å². The van der Waals surface area contributed by atoms with Crippen LogP contribution in [0.25, 0.3) is 0 Å². The van der Waals surface area contributed by atoms with Gasteiger partial charge in [-0.05, 0) is 18.9 Å². The molecule has 1 fully saturated rings. The predicted molar refractivity (Wildman–Crippen MR) is 65.9 cm³/mol. The lowest BCUT2D eigenvalue weighted by Crippen LogP contribution is -2.33. The van der Waals surface area contributed by atoms with Crippen LogP contribution in [0.2, 0.25) is 5.02 Å². The molecule has 1 N–H and O–H groups in total. The Balaban J connectivity index is 2.06. The Hall–Kier alpha value is -0.870. The quantitative estimate of drug-likeness (QED) is 0.871. The number of rotatable bonds is 3. The maximum Gasteiger partial charge on any atom is 0.225 e. The molecular formula is C11H17ClN4. The Morgan fingerprint density at radius 1 is 1.50 bits per heavy atom. The van der Waals surface area contributed by atoms with Crippen molar-refractivity contribution in [3.63, 3.8) is 0 Å². The van der Waals surface area contributed by atoms with Crippen molar-refractivity contribution in [2.24, 2.45) is 5.41 Å². The summed E-state index contributed by atoms with van der Waals surface area (Å²) in [5.41, 5.74) is 0.317. The van der Waals surface area contributed by atoms with E-state index >= 15 is 0 Å². The summed E-state index contributed by atoms with van der Waals surface area (Å²) >= 11 is 5.77. The molecule has 1 saturated heterocycles. The molecular weight excluding hydrogens is 224 g/mol. The van der Waals surface area contributed by atoms with Gasteiger partial charge in [0.2, 0.25) is 5.95 Å². The van der Waals surface area contributed by atoms with Crippen LogP contribution >= 0.6 is 11.6 Å². The first-order chi connectivity index (χ1) is 7.63. The molecule has 1 aromatic rings. The Morgan fingerprint density at radius 2 is 2.19 bits per heavy atom. The molecule has 88 valence electrons. The fraction of sp³-hybridized carbons (Fsp3) is 0.636. The summed E-state index contributed by atoms with van der Waals surface area (Å²) in [6, 6.07) is 0. The van der Waals surface area contributed by atoms with Crippen molar-refractivity contribution < 1.29 is 0 Å². The van der Waals surface area contributed by atoms with Crippen LogP contribution in [0.1, 0.15) is 13.3 Å². The van der Waals surface area contributed by atoms with E-state index < -0.39 is 0 Å². The molecule has 0 bridgehead atoms. The van der Waals surface area contributed by atoms with E-state index in [-0.39, 0.29) is 0 Å². The zero-order valence-corrected chi connectivity index (χ0v) is 10.5. The highest BCUT2D eigenvalue weighted by Crippen LogP contribution is 2.30. The van der Waals surface area contributed by atoms with Crippen molar-refractivity contribution in [2.45, 2.75) is 13.3 Å². The molecule has 0 spiro atoms. The van der Waals surface area contributed by atoms with Gasteiger partial charge in [-0.15, -0.1) is 0 Å². The molecule has 0 amide bonds. The molecule has 0 radical (unpaired) electrons. The van der Waals surface area contributed by atoms with E-state index in [0.29, 0.717) is 10.4 Å². The molecule has 2 heterocycles. The molecule has 1 atom stereocenters. The Bertz CT molecular complexity index is 354. The second-order valence-electron chi connectivity index (χ2n) is 4.71. The Morgan fingerprint density at radius 3 is 2.81 bits per heavy atom. The van der Waals surface area contributed by atoms with Crippen LogP contribution in [0.3, 0.4) is 0 Å². The van der Waals surface area contributed by atoms with Gasteiger partial charge in [-0.2, -0.15) is 0 Å². The van der Waals surface area contributed by atoms with Gasteiger partial charge in [0.25, 0.3) is 0 Å². The molecule has 0 aliphatic carbocycles. The van der Waals surface area contributed by atoms with E-state index in [4.69, 9.17) is 11.6 Å². The standard InChI is InChI=1S/C11H17ClN4/c1-11(7-13-2)3-4-16(8-11)10-14-5-9(12)6-15-10/h5-6,13H,3-4,7-8H2,1-2H3. The largest absolute Gasteiger partial charge is 0.340 e. The smallest absolute Gasteiger partial charge is 0.225 e. The average Bonchev–Trinajstić information content (AvgIpc) is 2.62. The number of nitrogens with one attached hydrogen (secondary N) is 1. The lowest BCUT2D eigenvalue weighted by Gasteiger charge is -2.24. The summed E-state index contributed by atoms with van der Waals surface area (Å²) in [7, 11) is 1.99. The molecule has 5 heteroatoms. The van der Waals surface area contributed by atoms with E-state index in [1.54, 1.807) is 12.4 Å². The van der Waals surface area contributed by atoms with E-state index in [0.717, 1.165) is 25.6 Å². The van der Waals surface area contributed by atoms with Gasteiger partial charge in [0.15, 0.2) is 0 Å². The zero-order chi connectivity index (χ0) is 11.6. The fourth-order valence-electron chi connectivity index (χ4n) is 2.23. The molecule has 4 nitrogen and oxygen atoms in total. The molecule has 1 aromatic heterocycles. The summed E-state index contributed by atoms with van der Waals surface area (Å²) in [6.07, 6.45) is 4.47. The van der Waals surface area contributed by atoms with Crippen LogP contribution in [0.4, 0.5) is 5.95 Å². The van der Waals surface area contributed by atoms with Crippen molar-refractivity contribution in [3.05, 3.63) is 17.4 Å². The minimum absolute atomic E-state index is 0.317. The summed E-state index contributed by atoms with van der Waals surface area (Å²) in [5.74, 6) is 0.782. The van der Waals surface area contributed by atoms with Gasteiger partial charge in [-0.1, -0.05) is 18.5 Å². The SMILES string of the molecule is CNCC1(C)CCN(c2ncc(Cl)cn2)C1. The van der Waals surface area contributed by atoms with Gasteiger partial charge in [0.1, 0.15) is 0 Å². The van der Waals surface area contributed by atoms with E-state index in [1.165, 1.54) is 6.42 Å². The van der Waals surface area contributed by atoms with Gasteiger partial charge in [-0.3, -0.25) is 0 Å². The Kier molecular flexibility index (Phi) is 3.30. The monoisotopic (exact) mass is 240 g/mol. The Labute approximate surface area is 101 Å². The summed E-state index contributed by atoms with van der Waals surface area (Å²) in [6.45, 7) is 5.33. The number of aromatic nitrogens is 2. The van der Waals surface area contributed by atoms with Crippen LogP contribution in [-0.2, 0) is 0 Å². The van der Waals surface area contributed by atoms with Gasteiger partial charge >= 0.3 is 0 Å². The van der Waals surface area contributed by atoms with Crippen molar-refractivity contribution in [2.75, 3.05) is 31.6 Å². The highest BCUT2D eigenvalue weighted by molar-refractivity contribution is 6.30. The third kappa shape index (κ3) is 2.44. The average molecular weight is 241 g/mol. The molecule has 1 aliphatic heterocycles. The van der Waals surface area contributed by atoms with Crippen LogP contribution in [0.5, 0.6) is 0 Å². The predicted octanol–water partition coefficient (Wildman–Crippen LogP) is 1.57. The second-order valence-corrected chi connectivity index (χ2v) is 5.15. The number of anilines is 1. The molecule has 0 aromatic carbocycles. The van der Waals surface area contributed by atoms with Crippen LogP contribution in [-0.4, -0.2) is 36.6 Å². The fourth-order valence-corrected chi connectivity index (χ4v) is 2.33. The summed E-state index contributed by atoms with van der Waals surface area (Å²) in [5, 5.41) is 3.83. The van der Waals surface area contributed by atoms with Crippen molar-refractivity contribution >= 4 is 17.5 Å². The topological polar surface area (TPSA) is 41.0 Å². The zero-order valence-electron chi connectivity index (χ0n) is 9.70. The third-order valence-corrected chi connectivity index (χ3v) is 3.25. The van der Waals surface area contributed by atoms with Gasteiger partial charge in [0, 0.05) is 19.6 Å². The van der Waals surface area contributed by atoms with E-state index in [1.807, 2.05) is 7.05 Å². The van der Waals surface area contributed by atoms with Crippen molar-refractivity contribution in [1.82, 2.24) is 15.3 Å². The van der Waals surface area contributed by atoms with Crippen LogP contribution < -0.4 is 10.2 Å². The molecule has 1 unspecified atom stereocenters. The van der Waals surface area contributed by atoms with Crippen LogP contribution in [0.15, 0.2) is 12.4 Å². The van der Waals surface area contributed by atoms with Crippen molar-refractivity contribution in [3.8, 4) is 0 Å². The second kappa shape index (κ2) is 4.55. The third-order valence-electron chi connectivity index (χ3n) is 3.05. The van der Waals surface area contributed by atoms with E-state index in [9.17, 15) is 0 Å². The number of hydrogen-bond donors (Lipinski definition) is 1. The molecule has 2 rings (SSSR count). The number of halogens is 1. The molecule has 16 heavy (non-hydrogen) atoms. The number of nitrogens with zero attached hydrogens (tertiary/aromatic N) is 3. The highest BCUT2D eigenvalue weighted by atomic mass is 35.5. The lowest BCUT2D eigenvalue weighted by atomic mass is 9.90. The van der Waals surface area contributed by atoms with Gasteiger partial charge < -0.3 is 10.2 Å². The molecule has 1 aliphatic rings. The minimum atomic E-state index is 0.317. The first kappa shape index (κ1) is 11.6. The lowest BCUT2D eigenvalue weighted by molar-refractivity contribution is 0.355. The maximum atomic E-state index is 5.77. The van der Waals surface area contributed by atoms with Crippen LogP contribution in [0, 0.1) is 5.41 Å². The van der Waals surface area contributed by atoms with Gasteiger partial charge in [-0.25, -0.2) is 9.97 Å². The number of hydrogen-bond acceptors (Lipinski definition) is 4. The molecule has 0 saturated carbocycles. The van der Waals surface area contributed by atoms with Gasteiger partial charge in [0.05, 0.1) is 17.4 Å². The first-order valence-electron chi connectivity index (χ1n) is 5.50. The highest BCUT2D eigenvalue weighted by Gasteiger charge is 2.34. The summed E-state index contributed by atoms with van der Waals surface area (Å²) in [4.78, 5) is 10.7. The maximum absolute atomic E-state index is 5.77. The normalized spacial score (nSPS) is 25.1. The van der Waals surface area contributed by atoms with E-state index in [2.05, 4.69) is 27.1 Å².